The van der Waals surface area contributed by atoms with Gasteiger partial charge in [0, 0.05) is 31.4 Å². The van der Waals surface area contributed by atoms with Crippen molar-refractivity contribution in [2.45, 2.75) is 37.9 Å². The van der Waals surface area contributed by atoms with Crippen LogP contribution in [-0.2, 0) is 9.47 Å². The Morgan fingerprint density at radius 1 is 1.43 bits per heavy atom. The summed E-state index contributed by atoms with van der Waals surface area (Å²) in [5.41, 5.74) is 1.29. The summed E-state index contributed by atoms with van der Waals surface area (Å²) >= 11 is 0. The maximum absolute atomic E-state index is 8.86. The molecule has 2 aliphatic rings. The van der Waals surface area contributed by atoms with Gasteiger partial charge in [0.2, 0.25) is 0 Å². The Balaban J connectivity index is 1.68. The van der Waals surface area contributed by atoms with Crippen molar-refractivity contribution in [3.8, 4) is 5.75 Å². The van der Waals surface area contributed by atoms with Crippen molar-refractivity contribution >= 4 is 5.71 Å². The summed E-state index contributed by atoms with van der Waals surface area (Å²) < 4.78 is 17.5. The largest absolute Gasteiger partial charge is 0.490 e. The molecule has 5 nitrogen and oxygen atoms in total. The molecule has 2 atom stereocenters. The second-order valence-electron chi connectivity index (χ2n) is 5.78. The van der Waals surface area contributed by atoms with E-state index in [1.54, 1.807) is 6.92 Å². The number of oxime groups is 1. The normalized spacial score (nSPS) is 29.8. The summed E-state index contributed by atoms with van der Waals surface area (Å²) in [5.74, 6) is 0.802. The van der Waals surface area contributed by atoms with Gasteiger partial charge in [-0.15, -0.1) is 0 Å². The molecule has 1 N–H and O–H groups in total. The highest BCUT2D eigenvalue weighted by molar-refractivity contribution is 5.98. The summed E-state index contributed by atoms with van der Waals surface area (Å²) in [6.07, 6.45) is 2.84. The zero-order valence-corrected chi connectivity index (χ0v) is 12.2. The molecule has 2 fully saturated rings. The van der Waals surface area contributed by atoms with Crippen LogP contribution in [-0.4, -0.2) is 42.4 Å². The summed E-state index contributed by atoms with van der Waals surface area (Å²) in [7, 11) is 0. The Morgan fingerprint density at radius 3 is 3.10 bits per heavy atom. The molecule has 0 aromatic heterocycles. The van der Waals surface area contributed by atoms with E-state index in [9.17, 15) is 0 Å². The minimum absolute atomic E-state index is 0.141. The van der Waals surface area contributed by atoms with Crippen LogP contribution in [0.15, 0.2) is 29.4 Å². The van der Waals surface area contributed by atoms with Gasteiger partial charge >= 0.3 is 0 Å². The lowest BCUT2D eigenvalue weighted by Crippen LogP contribution is -2.44. The zero-order valence-electron chi connectivity index (χ0n) is 12.2. The highest BCUT2D eigenvalue weighted by Gasteiger charge is 2.41. The predicted molar refractivity (Wildman–Crippen MR) is 78.2 cm³/mol. The zero-order chi connectivity index (χ0) is 14.7. The van der Waals surface area contributed by atoms with Gasteiger partial charge < -0.3 is 19.4 Å². The van der Waals surface area contributed by atoms with Crippen LogP contribution in [0.4, 0.5) is 0 Å². The first-order chi connectivity index (χ1) is 10.2. The van der Waals surface area contributed by atoms with Crippen molar-refractivity contribution in [1.82, 2.24) is 0 Å². The first-order valence-electron chi connectivity index (χ1n) is 7.38. The van der Waals surface area contributed by atoms with Crippen LogP contribution < -0.4 is 4.74 Å². The van der Waals surface area contributed by atoms with Crippen LogP contribution >= 0.6 is 0 Å². The van der Waals surface area contributed by atoms with E-state index in [0.29, 0.717) is 18.9 Å². The topological polar surface area (TPSA) is 60.3 Å². The molecule has 2 aliphatic heterocycles. The number of ether oxygens (including phenoxy) is 3. The monoisotopic (exact) mass is 291 g/mol. The average molecular weight is 291 g/mol. The molecule has 21 heavy (non-hydrogen) atoms. The molecule has 3 rings (SSSR count). The van der Waals surface area contributed by atoms with E-state index in [-0.39, 0.29) is 11.7 Å². The third-order valence-corrected chi connectivity index (χ3v) is 4.22. The average Bonchev–Trinajstić information content (AvgIpc) is 2.94. The SMILES string of the molecule is C/C(=N/O)c1cccc(OC2CCOC3(CCOC3)C2)c1. The van der Waals surface area contributed by atoms with Gasteiger partial charge in [-0.25, -0.2) is 0 Å². The minimum Gasteiger partial charge on any atom is -0.490 e. The van der Waals surface area contributed by atoms with E-state index in [4.69, 9.17) is 19.4 Å². The number of rotatable bonds is 3. The van der Waals surface area contributed by atoms with Crippen molar-refractivity contribution in [1.29, 1.82) is 0 Å². The second kappa shape index (κ2) is 6.03. The number of hydrogen-bond acceptors (Lipinski definition) is 5. The van der Waals surface area contributed by atoms with Crippen molar-refractivity contribution < 1.29 is 19.4 Å². The van der Waals surface area contributed by atoms with E-state index < -0.39 is 0 Å². The molecule has 0 bridgehead atoms. The molecule has 1 aromatic carbocycles. The van der Waals surface area contributed by atoms with Crippen LogP contribution in [0.5, 0.6) is 5.75 Å². The van der Waals surface area contributed by atoms with Gasteiger partial charge in [0.1, 0.15) is 11.9 Å². The molecule has 0 radical (unpaired) electrons. The standard InChI is InChI=1S/C16H21NO4/c1-12(17-18)13-3-2-4-14(9-13)21-15-5-7-20-16(10-15)6-8-19-11-16/h2-4,9,15,18H,5-8,10-11H2,1H3/b17-12-. The van der Waals surface area contributed by atoms with Gasteiger partial charge in [-0.3, -0.25) is 0 Å². The Kier molecular flexibility index (Phi) is 4.12. The molecule has 1 spiro atoms. The van der Waals surface area contributed by atoms with Crippen molar-refractivity contribution in [2.24, 2.45) is 5.16 Å². The molecular formula is C16H21NO4. The number of hydrogen-bond donors (Lipinski definition) is 1. The van der Waals surface area contributed by atoms with E-state index >= 15 is 0 Å². The molecule has 114 valence electrons. The third kappa shape index (κ3) is 3.19. The Labute approximate surface area is 124 Å². The van der Waals surface area contributed by atoms with Crippen LogP contribution in [0.3, 0.4) is 0 Å². The van der Waals surface area contributed by atoms with Crippen LogP contribution in [0.1, 0.15) is 31.7 Å². The van der Waals surface area contributed by atoms with Gasteiger partial charge in [-0.2, -0.15) is 0 Å². The third-order valence-electron chi connectivity index (χ3n) is 4.22. The van der Waals surface area contributed by atoms with Gasteiger partial charge in [0.15, 0.2) is 0 Å². The Hall–Kier alpha value is -1.59. The summed E-state index contributed by atoms with van der Waals surface area (Å²) in [4.78, 5) is 0. The summed E-state index contributed by atoms with van der Waals surface area (Å²) in [5, 5.41) is 12.1. The molecule has 2 unspecified atom stereocenters. The Morgan fingerprint density at radius 2 is 2.33 bits per heavy atom. The molecule has 5 heteroatoms. The van der Waals surface area contributed by atoms with Gasteiger partial charge in [0.05, 0.1) is 24.5 Å². The fraction of sp³-hybridized carbons (Fsp3) is 0.562. The lowest BCUT2D eigenvalue weighted by atomic mass is 9.91. The van der Waals surface area contributed by atoms with Crippen molar-refractivity contribution in [3.63, 3.8) is 0 Å². The van der Waals surface area contributed by atoms with E-state index in [0.717, 1.165) is 37.2 Å². The fourth-order valence-corrected chi connectivity index (χ4v) is 2.99. The Bertz CT molecular complexity index is 523. The lowest BCUT2D eigenvalue weighted by molar-refractivity contribution is -0.112. The quantitative estimate of drug-likeness (QED) is 0.528. The van der Waals surface area contributed by atoms with E-state index in [2.05, 4.69) is 5.16 Å². The van der Waals surface area contributed by atoms with Crippen LogP contribution in [0.25, 0.3) is 0 Å². The first-order valence-corrected chi connectivity index (χ1v) is 7.38. The molecule has 1 aromatic rings. The highest BCUT2D eigenvalue weighted by Crippen LogP contribution is 2.34. The molecule has 2 saturated heterocycles. The van der Waals surface area contributed by atoms with E-state index in [1.807, 2.05) is 24.3 Å². The van der Waals surface area contributed by atoms with Gasteiger partial charge in [-0.1, -0.05) is 17.3 Å². The van der Waals surface area contributed by atoms with Gasteiger partial charge in [0.25, 0.3) is 0 Å². The molecule has 0 amide bonds. The van der Waals surface area contributed by atoms with E-state index in [1.165, 1.54) is 0 Å². The fourth-order valence-electron chi connectivity index (χ4n) is 2.99. The summed E-state index contributed by atoms with van der Waals surface area (Å²) in [6, 6.07) is 7.65. The number of nitrogens with zero attached hydrogens (tertiary/aromatic N) is 1. The molecule has 0 saturated carbocycles. The summed E-state index contributed by atoms with van der Waals surface area (Å²) in [6.45, 7) is 3.92. The highest BCUT2D eigenvalue weighted by atomic mass is 16.6. The first kappa shape index (κ1) is 14.4. The second-order valence-corrected chi connectivity index (χ2v) is 5.78. The maximum atomic E-state index is 8.86. The maximum Gasteiger partial charge on any atom is 0.120 e. The van der Waals surface area contributed by atoms with Crippen molar-refractivity contribution in [3.05, 3.63) is 29.8 Å². The molecular weight excluding hydrogens is 270 g/mol. The van der Waals surface area contributed by atoms with Gasteiger partial charge in [-0.05, 0) is 19.1 Å². The molecule has 2 heterocycles. The molecule has 0 aliphatic carbocycles. The van der Waals surface area contributed by atoms with Crippen molar-refractivity contribution in [2.75, 3.05) is 19.8 Å². The van der Waals surface area contributed by atoms with Crippen LogP contribution in [0, 0.1) is 0 Å². The van der Waals surface area contributed by atoms with Crippen LogP contribution in [0.2, 0.25) is 0 Å². The number of benzene rings is 1. The minimum atomic E-state index is -0.150. The smallest absolute Gasteiger partial charge is 0.120 e. The predicted octanol–water partition coefficient (Wildman–Crippen LogP) is 2.60. The lowest BCUT2D eigenvalue weighted by Gasteiger charge is -2.37.